The van der Waals surface area contributed by atoms with Crippen LogP contribution in [0.5, 0.6) is 0 Å². The minimum atomic E-state index is 0.690. The zero-order valence-electron chi connectivity index (χ0n) is 8.32. The topological polar surface area (TPSA) is 41.6 Å². The molecular weight excluding hydrogens is 174 g/mol. The molecule has 0 bridgehead atoms. The van der Waals surface area contributed by atoms with Gasteiger partial charge in [0.05, 0.1) is 12.5 Å². The van der Waals surface area contributed by atoms with Crippen LogP contribution in [0.15, 0.2) is 12.5 Å². The normalized spacial score (nSPS) is 17.9. The molecule has 1 aromatic rings. The molecular formula is C11H15N3. The van der Waals surface area contributed by atoms with Gasteiger partial charge in [0.1, 0.15) is 11.8 Å². The van der Waals surface area contributed by atoms with Crippen LogP contribution in [0.4, 0.5) is 0 Å². The molecule has 0 aromatic carbocycles. The maximum atomic E-state index is 8.83. The van der Waals surface area contributed by atoms with Crippen molar-refractivity contribution < 1.29 is 0 Å². The standard InChI is InChI=1S/C11H15N3/c12-6-11-7-13-9-14(11)8-10-4-2-1-3-5-10/h7,9-10H,1-5,8H2. The van der Waals surface area contributed by atoms with E-state index in [1.807, 2.05) is 4.57 Å². The first-order valence-electron chi connectivity index (χ1n) is 5.30. The first-order chi connectivity index (χ1) is 6.90. The lowest BCUT2D eigenvalue weighted by Gasteiger charge is -2.21. The van der Waals surface area contributed by atoms with Gasteiger partial charge in [0.25, 0.3) is 0 Å². The number of imidazole rings is 1. The van der Waals surface area contributed by atoms with Crippen LogP contribution in [0, 0.1) is 17.2 Å². The maximum Gasteiger partial charge on any atom is 0.139 e. The van der Waals surface area contributed by atoms with Crippen LogP contribution in [0.25, 0.3) is 0 Å². The molecule has 0 atom stereocenters. The van der Waals surface area contributed by atoms with Gasteiger partial charge >= 0.3 is 0 Å². The number of nitriles is 1. The lowest BCUT2D eigenvalue weighted by atomic mass is 9.89. The SMILES string of the molecule is N#Cc1cncn1CC1CCCCC1. The highest BCUT2D eigenvalue weighted by molar-refractivity contribution is 5.17. The van der Waals surface area contributed by atoms with Gasteiger partial charge in [-0.15, -0.1) is 0 Å². The first-order valence-corrected chi connectivity index (χ1v) is 5.30. The number of hydrogen-bond acceptors (Lipinski definition) is 2. The number of aromatic nitrogens is 2. The highest BCUT2D eigenvalue weighted by Crippen LogP contribution is 2.25. The van der Waals surface area contributed by atoms with E-state index in [1.165, 1.54) is 32.1 Å². The van der Waals surface area contributed by atoms with Crippen LogP contribution in [0.2, 0.25) is 0 Å². The summed E-state index contributed by atoms with van der Waals surface area (Å²) in [6, 6.07) is 2.17. The smallest absolute Gasteiger partial charge is 0.139 e. The van der Waals surface area contributed by atoms with Crippen molar-refractivity contribution in [3.05, 3.63) is 18.2 Å². The van der Waals surface area contributed by atoms with Crippen LogP contribution >= 0.6 is 0 Å². The van der Waals surface area contributed by atoms with Crippen molar-refractivity contribution in [3.8, 4) is 6.07 Å². The second-order valence-electron chi connectivity index (χ2n) is 4.05. The van der Waals surface area contributed by atoms with Crippen molar-refractivity contribution >= 4 is 0 Å². The van der Waals surface area contributed by atoms with Gasteiger partial charge in [-0.25, -0.2) is 4.98 Å². The molecule has 14 heavy (non-hydrogen) atoms. The van der Waals surface area contributed by atoms with Crippen LogP contribution in [0.3, 0.4) is 0 Å². The minimum Gasteiger partial charge on any atom is -0.322 e. The van der Waals surface area contributed by atoms with Crippen LogP contribution in [0.1, 0.15) is 37.8 Å². The summed E-state index contributed by atoms with van der Waals surface area (Å²) >= 11 is 0. The monoisotopic (exact) mass is 189 g/mol. The van der Waals surface area contributed by atoms with Gasteiger partial charge in [-0.3, -0.25) is 0 Å². The zero-order chi connectivity index (χ0) is 9.80. The van der Waals surface area contributed by atoms with Crippen LogP contribution in [-0.4, -0.2) is 9.55 Å². The summed E-state index contributed by atoms with van der Waals surface area (Å²) in [4.78, 5) is 4.00. The molecule has 0 radical (unpaired) electrons. The summed E-state index contributed by atoms with van der Waals surface area (Å²) in [6.45, 7) is 0.975. The number of nitrogens with zero attached hydrogens (tertiary/aromatic N) is 3. The molecule has 1 fully saturated rings. The zero-order valence-corrected chi connectivity index (χ0v) is 8.32. The molecule has 0 spiro atoms. The average Bonchev–Trinajstić information content (AvgIpc) is 2.67. The van der Waals surface area contributed by atoms with Crippen molar-refractivity contribution in [2.75, 3.05) is 0 Å². The van der Waals surface area contributed by atoms with Crippen molar-refractivity contribution in [2.24, 2.45) is 5.92 Å². The minimum absolute atomic E-state index is 0.690. The molecule has 2 rings (SSSR count). The fourth-order valence-electron chi connectivity index (χ4n) is 2.21. The Bertz CT molecular complexity index is 329. The van der Waals surface area contributed by atoms with Gasteiger partial charge < -0.3 is 4.57 Å². The lowest BCUT2D eigenvalue weighted by molar-refractivity contribution is 0.318. The molecule has 0 unspecified atom stereocenters. The Labute approximate surface area is 84.4 Å². The summed E-state index contributed by atoms with van der Waals surface area (Å²) in [6.07, 6.45) is 10.1. The fraction of sp³-hybridized carbons (Fsp3) is 0.636. The molecule has 3 heteroatoms. The van der Waals surface area contributed by atoms with Gasteiger partial charge in [-0.2, -0.15) is 5.26 Å². The van der Waals surface area contributed by atoms with Gasteiger partial charge in [-0.1, -0.05) is 19.3 Å². The Morgan fingerprint density at radius 2 is 2.21 bits per heavy atom. The molecule has 3 nitrogen and oxygen atoms in total. The second-order valence-corrected chi connectivity index (χ2v) is 4.05. The Kier molecular flexibility index (Phi) is 2.83. The molecule has 1 aliphatic carbocycles. The second kappa shape index (κ2) is 4.28. The molecule has 1 saturated carbocycles. The Morgan fingerprint density at radius 1 is 1.43 bits per heavy atom. The fourth-order valence-corrected chi connectivity index (χ4v) is 2.21. The van der Waals surface area contributed by atoms with Crippen LogP contribution < -0.4 is 0 Å². The highest BCUT2D eigenvalue weighted by atomic mass is 15.0. The first kappa shape index (κ1) is 9.26. The Balaban J connectivity index is 1.99. The van der Waals surface area contributed by atoms with Crippen molar-refractivity contribution in [3.63, 3.8) is 0 Å². The van der Waals surface area contributed by atoms with Crippen molar-refractivity contribution in [2.45, 2.75) is 38.6 Å². The Morgan fingerprint density at radius 3 is 2.93 bits per heavy atom. The van der Waals surface area contributed by atoms with Gasteiger partial charge in [0.15, 0.2) is 0 Å². The van der Waals surface area contributed by atoms with E-state index in [2.05, 4.69) is 11.1 Å². The van der Waals surface area contributed by atoms with Crippen molar-refractivity contribution in [1.29, 1.82) is 5.26 Å². The summed E-state index contributed by atoms with van der Waals surface area (Å²) < 4.78 is 1.98. The molecule has 1 aromatic heterocycles. The summed E-state index contributed by atoms with van der Waals surface area (Å²) in [5, 5.41) is 8.83. The lowest BCUT2D eigenvalue weighted by Crippen LogP contribution is -2.14. The van der Waals surface area contributed by atoms with Crippen LogP contribution in [-0.2, 0) is 6.54 Å². The Hall–Kier alpha value is -1.30. The van der Waals surface area contributed by atoms with E-state index in [4.69, 9.17) is 5.26 Å². The predicted octanol–water partition coefficient (Wildman–Crippen LogP) is 2.34. The van der Waals surface area contributed by atoms with Gasteiger partial charge in [-0.05, 0) is 18.8 Å². The maximum absolute atomic E-state index is 8.83. The molecule has 0 N–H and O–H groups in total. The quantitative estimate of drug-likeness (QED) is 0.716. The summed E-state index contributed by atoms with van der Waals surface area (Å²) in [7, 11) is 0. The molecule has 0 amide bonds. The number of rotatable bonds is 2. The molecule has 74 valence electrons. The predicted molar refractivity (Wildman–Crippen MR) is 53.5 cm³/mol. The van der Waals surface area contributed by atoms with E-state index in [9.17, 15) is 0 Å². The van der Waals surface area contributed by atoms with E-state index >= 15 is 0 Å². The van der Waals surface area contributed by atoms with E-state index in [0.717, 1.165) is 12.5 Å². The third-order valence-electron chi connectivity index (χ3n) is 3.01. The van der Waals surface area contributed by atoms with Gasteiger partial charge in [0, 0.05) is 6.54 Å². The largest absolute Gasteiger partial charge is 0.322 e. The molecule has 1 aliphatic rings. The number of hydrogen-bond donors (Lipinski definition) is 0. The molecule has 1 heterocycles. The van der Waals surface area contributed by atoms with E-state index in [-0.39, 0.29) is 0 Å². The molecule has 0 aliphatic heterocycles. The van der Waals surface area contributed by atoms with Gasteiger partial charge in [0.2, 0.25) is 0 Å². The summed E-state index contributed by atoms with van der Waals surface area (Å²) in [5.41, 5.74) is 0.690. The van der Waals surface area contributed by atoms with E-state index in [0.29, 0.717) is 5.69 Å². The molecule has 0 saturated heterocycles. The van der Waals surface area contributed by atoms with Crippen molar-refractivity contribution in [1.82, 2.24) is 9.55 Å². The van der Waals surface area contributed by atoms with E-state index in [1.54, 1.807) is 12.5 Å². The third kappa shape index (κ3) is 1.95. The highest BCUT2D eigenvalue weighted by Gasteiger charge is 2.14. The third-order valence-corrected chi connectivity index (χ3v) is 3.01. The van der Waals surface area contributed by atoms with E-state index < -0.39 is 0 Å². The average molecular weight is 189 g/mol. The summed E-state index contributed by atoms with van der Waals surface area (Å²) in [5.74, 6) is 0.755.